The molecule has 224 valence electrons. The summed E-state index contributed by atoms with van der Waals surface area (Å²) >= 11 is 3.46. The Hall–Kier alpha value is -3.45. The number of halogens is 1. The van der Waals surface area contributed by atoms with Crippen LogP contribution in [0.15, 0.2) is 22.7 Å². The van der Waals surface area contributed by atoms with Gasteiger partial charge in [-0.1, -0.05) is 35.8 Å². The second kappa shape index (κ2) is 13.9. The molecule has 3 rings (SSSR count). The Morgan fingerprint density at radius 2 is 1.63 bits per heavy atom. The van der Waals surface area contributed by atoms with Crippen molar-refractivity contribution in [3.63, 3.8) is 0 Å². The van der Waals surface area contributed by atoms with Crippen molar-refractivity contribution in [3.05, 3.63) is 45.1 Å². The zero-order valence-electron chi connectivity index (χ0n) is 26.8. The Morgan fingerprint density at radius 1 is 1.00 bits per heavy atom. The predicted octanol–water partition coefficient (Wildman–Crippen LogP) is 3.66. The van der Waals surface area contributed by atoms with Crippen LogP contribution in [0.3, 0.4) is 0 Å². The van der Waals surface area contributed by atoms with Crippen molar-refractivity contribution in [2.45, 2.75) is 91.4 Å². The average molecular weight is 644 g/mol. The predicted molar refractivity (Wildman–Crippen MR) is 147 cm³/mol. The van der Waals surface area contributed by atoms with Gasteiger partial charge in [-0.15, -0.1) is 5.10 Å². The zero-order valence-corrected chi connectivity index (χ0v) is 24.4. The highest BCUT2D eigenvalue weighted by Crippen LogP contribution is 2.34. The minimum absolute atomic E-state index is 0.0266. The smallest absolute Gasteiger partial charge is 0.303 e. The van der Waals surface area contributed by atoms with E-state index in [0.29, 0.717) is 12.0 Å². The highest BCUT2D eigenvalue weighted by molar-refractivity contribution is 9.10. The molecule has 5 atom stereocenters. The van der Waals surface area contributed by atoms with Gasteiger partial charge in [0.15, 0.2) is 12.2 Å². The number of carbonyl (C=O) groups is 4. The van der Waals surface area contributed by atoms with E-state index in [9.17, 15) is 19.2 Å². The molecule has 0 saturated carbocycles. The normalized spacial score (nSPS) is 23.4. The van der Waals surface area contributed by atoms with Gasteiger partial charge in [0.25, 0.3) is 0 Å². The Labute approximate surface area is 252 Å². The van der Waals surface area contributed by atoms with Crippen molar-refractivity contribution in [2.24, 2.45) is 0 Å². The van der Waals surface area contributed by atoms with Gasteiger partial charge in [0, 0.05) is 55.2 Å². The summed E-state index contributed by atoms with van der Waals surface area (Å²) in [5.74, 6) is -4.14. The molecule has 0 amide bonds. The van der Waals surface area contributed by atoms with Crippen LogP contribution in [-0.4, -0.2) is 71.4 Å². The number of aromatic amines is 1. The lowest BCUT2D eigenvalue weighted by Crippen LogP contribution is -2.63. The molecule has 1 fully saturated rings. The fourth-order valence-corrected chi connectivity index (χ4v) is 4.88. The topological polar surface area (TPSA) is 152 Å². The van der Waals surface area contributed by atoms with Gasteiger partial charge in [-0.25, -0.2) is 0 Å². The number of rotatable bonds is 10. The summed E-state index contributed by atoms with van der Waals surface area (Å²) < 4.78 is 63.9. The Kier molecular flexibility index (Phi) is 9.00. The summed E-state index contributed by atoms with van der Waals surface area (Å²) in [6, 6.07) is 5.79. The van der Waals surface area contributed by atoms with Crippen LogP contribution in [0.1, 0.15) is 75.2 Å². The second-order valence-corrected chi connectivity index (χ2v) is 10.4. The van der Waals surface area contributed by atoms with E-state index in [1.54, 1.807) is 0 Å². The molecule has 13 heteroatoms. The average Bonchev–Trinajstić information content (AvgIpc) is 3.41. The first-order valence-electron chi connectivity index (χ1n) is 15.3. The van der Waals surface area contributed by atoms with Crippen LogP contribution < -0.4 is 4.74 Å². The minimum Gasteiger partial charge on any atom is -0.463 e. The van der Waals surface area contributed by atoms with Crippen molar-refractivity contribution in [1.29, 1.82) is 0 Å². The summed E-state index contributed by atoms with van der Waals surface area (Å²) in [7, 11) is 0. The third kappa shape index (κ3) is 8.52. The summed E-state index contributed by atoms with van der Waals surface area (Å²) in [5.41, 5.74) is 3.32. The fourth-order valence-electron chi connectivity index (χ4n) is 4.40. The first kappa shape index (κ1) is 26.4. The fraction of sp³-hybridized carbons (Fsp3) is 0.536. The van der Waals surface area contributed by atoms with Gasteiger partial charge in [-0.05, 0) is 36.1 Å². The standard InChI is InChI=1S/C28H35BrN2O10/c1-13(2)23-21(11-19-8-9-20(29)10-14(19)3)27(31-30-23)41-28-26(39-18(7)35)25(38-17(6)34)24(37-16(5)33)22(40-28)12-36-15(4)32/h8-10,13,22,24-26,28H,11-12H2,1-7H3,(H,30,31)/t22-,24-,25+,26-,28?/m1/s1/i4D,5D,6D,7D. The monoisotopic (exact) mass is 642 g/mol. The number of nitrogens with zero attached hydrogens (tertiary/aromatic N) is 1. The van der Waals surface area contributed by atoms with Gasteiger partial charge < -0.3 is 28.4 Å². The van der Waals surface area contributed by atoms with E-state index in [1.807, 2.05) is 39.0 Å². The first-order valence-corrected chi connectivity index (χ1v) is 13.3. The summed E-state index contributed by atoms with van der Waals surface area (Å²) in [5, 5.41) is 7.30. The highest BCUT2D eigenvalue weighted by Gasteiger charge is 2.53. The molecule has 1 aliphatic heterocycles. The van der Waals surface area contributed by atoms with Gasteiger partial charge in [0.05, 0.1) is 0 Å². The molecular formula is C28H35BrN2O10. The number of H-pyrrole nitrogens is 1. The molecule has 41 heavy (non-hydrogen) atoms. The lowest BCUT2D eigenvalue weighted by molar-refractivity contribution is -0.289. The van der Waals surface area contributed by atoms with Crippen LogP contribution in [0.4, 0.5) is 0 Å². The molecule has 1 unspecified atom stereocenters. The van der Waals surface area contributed by atoms with Crippen molar-refractivity contribution in [3.8, 4) is 5.88 Å². The van der Waals surface area contributed by atoms with Crippen LogP contribution in [0.2, 0.25) is 0 Å². The van der Waals surface area contributed by atoms with E-state index in [2.05, 4.69) is 26.1 Å². The number of nitrogens with one attached hydrogen (secondary N) is 1. The SMILES string of the molecule is [2H]CC(=O)OC[C@H]1OC(Oc2n[nH]c(C(C)C)c2Cc2ccc(Br)cc2C)[C@H](OC(=O)C[2H])[C@@H](OC(=O)C[2H])[C@@H]1OC(=O)C[2H]. The molecule has 2 aromatic rings. The maximum atomic E-state index is 12.4. The molecule has 1 saturated heterocycles. The Bertz CT molecular complexity index is 1360. The van der Waals surface area contributed by atoms with Crippen molar-refractivity contribution in [1.82, 2.24) is 10.2 Å². The van der Waals surface area contributed by atoms with Gasteiger partial charge in [-0.2, -0.15) is 0 Å². The van der Waals surface area contributed by atoms with Gasteiger partial charge in [0.2, 0.25) is 18.3 Å². The van der Waals surface area contributed by atoms with E-state index < -0.39 is 88.8 Å². The molecule has 0 bridgehead atoms. The van der Waals surface area contributed by atoms with Gasteiger partial charge in [0.1, 0.15) is 12.7 Å². The maximum Gasteiger partial charge on any atom is 0.303 e. The molecule has 1 N–H and O–H groups in total. The number of carbonyl (C=O) groups excluding carboxylic acids is 4. The number of esters is 4. The molecule has 0 radical (unpaired) electrons. The first-order chi connectivity index (χ1) is 21.4. The van der Waals surface area contributed by atoms with Crippen LogP contribution in [0, 0.1) is 6.92 Å². The van der Waals surface area contributed by atoms with E-state index in [-0.39, 0.29) is 11.8 Å². The Morgan fingerprint density at radius 3 is 2.24 bits per heavy atom. The molecular weight excluding hydrogens is 604 g/mol. The molecule has 0 spiro atoms. The number of ether oxygens (including phenoxy) is 6. The summed E-state index contributed by atoms with van der Waals surface area (Å²) in [6.07, 6.45) is -7.59. The van der Waals surface area contributed by atoms with E-state index in [0.717, 1.165) is 21.3 Å². The van der Waals surface area contributed by atoms with Crippen molar-refractivity contribution in [2.75, 3.05) is 6.61 Å². The summed E-state index contributed by atoms with van der Waals surface area (Å²) in [4.78, 5) is 48.9. The highest BCUT2D eigenvalue weighted by atomic mass is 79.9. The third-order valence-electron chi connectivity index (χ3n) is 6.14. The second-order valence-electron chi connectivity index (χ2n) is 9.53. The molecule has 2 heterocycles. The molecule has 1 aliphatic rings. The Balaban J connectivity index is 2.11. The molecule has 0 aliphatic carbocycles. The summed E-state index contributed by atoms with van der Waals surface area (Å²) in [6.45, 7) is 1.98. The van der Waals surface area contributed by atoms with Crippen LogP contribution in [0.5, 0.6) is 5.88 Å². The van der Waals surface area contributed by atoms with E-state index in [4.69, 9.17) is 33.9 Å². The van der Waals surface area contributed by atoms with E-state index in [1.165, 1.54) is 0 Å². The molecule has 1 aromatic carbocycles. The number of hydrogen-bond acceptors (Lipinski definition) is 11. The van der Waals surface area contributed by atoms with Crippen LogP contribution in [0.25, 0.3) is 0 Å². The third-order valence-corrected chi connectivity index (χ3v) is 6.63. The minimum atomic E-state index is -1.67. The van der Waals surface area contributed by atoms with Gasteiger partial charge in [-0.3, -0.25) is 24.3 Å². The number of hydrogen-bond donors (Lipinski definition) is 1. The van der Waals surface area contributed by atoms with Crippen LogP contribution in [-0.2, 0) is 49.3 Å². The number of aromatic nitrogens is 2. The molecule has 12 nitrogen and oxygen atoms in total. The molecule has 1 aromatic heterocycles. The number of aryl methyl sites for hydroxylation is 1. The quantitative estimate of drug-likeness (QED) is 0.298. The lowest BCUT2D eigenvalue weighted by Gasteiger charge is -2.43. The maximum absolute atomic E-state index is 12.4. The van der Waals surface area contributed by atoms with E-state index >= 15 is 0 Å². The lowest BCUT2D eigenvalue weighted by atomic mass is 9.96. The van der Waals surface area contributed by atoms with Crippen molar-refractivity contribution < 1.29 is 53.1 Å². The van der Waals surface area contributed by atoms with Gasteiger partial charge >= 0.3 is 23.9 Å². The zero-order chi connectivity index (χ0) is 33.3. The van der Waals surface area contributed by atoms with Crippen molar-refractivity contribution >= 4 is 39.8 Å². The number of benzene rings is 1. The van der Waals surface area contributed by atoms with Crippen LogP contribution >= 0.6 is 15.9 Å². The largest absolute Gasteiger partial charge is 0.463 e.